The maximum absolute atomic E-state index is 10.8. The van der Waals surface area contributed by atoms with Crippen molar-refractivity contribution in [3.8, 4) is 0 Å². The van der Waals surface area contributed by atoms with Gasteiger partial charge >= 0.3 is 0 Å². The smallest absolute Gasteiger partial charge is 0.231 e. The van der Waals surface area contributed by atoms with E-state index in [4.69, 9.17) is 5.73 Å². The normalized spacial score (nSPS) is 20.2. The van der Waals surface area contributed by atoms with Crippen molar-refractivity contribution < 1.29 is 4.79 Å². The Balaban J connectivity index is 2.16. The molecule has 1 atom stereocenters. The summed E-state index contributed by atoms with van der Waals surface area (Å²) >= 11 is 0. The van der Waals surface area contributed by atoms with E-state index in [1.165, 1.54) is 12.8 Å². The highest BCUT2D eigenvalue weighted by Crippen LogP contribution is 2.13. The van der Waals surface area contributed by atoms with Crippen molar-refractivity contribution in [2.24, 2.45) is 11.7 Å². The number of piperidine rings is 1. The van der Waals surface area contributed by atoms with Gasteiger partial charge in [0, 0.05) is 25.2 Å². The fraction of sp³-hybridized carbons (Fsp3) is 0.929. The number of carbonyl (C=O) groups excluding carboxylic acids is 1. The van der Waals surface area contributed by atoms with Crippen LogP contribution in [0.25, 0.3) is 0 Å². The first kappa shape index (κ1) is 15.4. The van der Waals surface area contributed by atoms with Gasteiger partial charge in [-0.05, 0) is 38.5 Å². The topological polar surface area (TPSA) is 58.4 Å². The number of rotatable bonds is 7. The molecule has 4 nitrogen and oxygen atoms in total. The summed E-state index contributed by atoms with van der Waals surface area (Å²) in [6.07, 6.45) is 4.78. The molecule has 3 N–H and O–H groups in total. The lowest BCUT2D eigenvalue weighted by atomic mass is 10.0. The molecule has 0 radical (unpaired) electrons. The summed E-state index contributed by atoms with van der Waals surface area (Å²) in [5, 5.41) is 3.71. The first-order valence-corrected chi connectivity index (χ1v) is 7.24. The SMILES string of the molecule is CC(C)CCC(C)NC1CCN(CC(N)=O)CC1. The quantitative estimate of drug-likeness (QED) is 0.722. The van der Waals surface area contributed by atoms with E-state index in [9.17, 15) is 4.79 Å². The lowest BCUT2D eigenvalue weighted by molar-refractivity contribution is -0.119. The van der Waals surface area contributed by atoms with Crippen molar-refractivity contribution in [2.45, 2.75) is 58.5 Å². The second-order valence-electron chi connectivity index (χ2n) is 6.06. The van der Waals surface area contributed by atoms with Gasteiger partial charge in [0.2, 0.25) is 5.91 Å². The number of carbonyl (C=O) groups is 1. The summed E-state index contributed by atoms with van der Waals surface area (Å²) < 4.78 is 0. The van der Waals surface area contributed by atoms with Crippen molar-refractivity contribution in [1.29, 1.82) is 0 Å². The van der Waals surface area contributed by atoms with Crippen LogP contribution >= 0.6 is 0 Å². The first-order chi connectivity index (χ1) is 8.47. The lowest BCUT2D eigenvalue weighted by Crippen LogP contribution is -2.47. The van der Waals surface area contributed by atoms with Gasteiger partial charge in [-0.1, -0.05) is 13.8 Å². The number of nitrogens with zero attached hydrogens (tertiary/aromatic N) is 1. The Morgan fingerprint density at radius 3 is 2.39 bits per heavy atom. The molecule has 1 amide bonds. The lowest BCUT2D eigenvalue weighted by Gasteiger charge is -2.33. The molecule has 18 heavy (non-hydrogen) atoms. The summed E-state index contributed by atoms with van der Waals surface area (Å²) in [6.45, 7) is 9.20. The molecular weight excluding hydrogens is 226 g/mol. The van der Waals surface area contributed by atoms with Gasteiger partial charge in [0.15, 0.2) is 0 Å². The number of nitrogens with two attached hydrogens (primary N) is 1. The molecule has 0 aliphatic carbocycles. The van der Waals surface area contributed by atoms with Crippen LogP contribution in [0, 0.1) is 5.92 Å². The maximum Gasteiger partial charge on any atom is 0.231 e. The fourth-order valence-electron chi connectivity index (χ4n) is 2.55. The zero-order valence-corrected chi connectivity index (χ0v) is 12.1. The van der Waals surface area contributed by atoms with Crippen molar-refractivity contribution in [1.82, 2.24) is 10.2 Å². The monoisotopic (exact) mass is 255 g/mol. The molecule has 0 aromatic heterocycles. The summed E-state index contributed by atoms with van der Waals surface area (Å²) in [4.78, 5) is 13.0. The van der Waals surface area contributed by atoms with E-state index in [1.807, 2.05) is 0 Å². The molecular formula is C14H29N3O. The molecule has 0 spiro atoms. The number of hydrogen-bond acceptors (Lipinski definition) is 3. The molecule has 1 aliphatic rings. The van der Waals surface area contributed by atoms with Crippen LogP contribution in [0.2, 0.25) is 0 Å². The summed E-state index contributed by atoms with van der Waals surface area (Å²) in [5.74, 6) is 0.568. The molecule has 106 valence electrons. The predicted octanol–water partition coefficient (Wildman–Crippen LogP) is 1.35. The zero-order chi connectivity index (χ0) is 13.5. The molecule has 4 heteroatoms. The molecule has 0 bridgehead atoms. The Labute approximate surface area is 111 Å². The number of likely N-dealkylation sites (tertiary alicyclic amines) is 1. The van der Waals surface area contributed by atoms with Crippen molar-refractivity contribution in [3.63, 3.8) is 0 Å². The second-order valence-corrected chi connectivity index (χ2v) is 6.06. The Kier molecular flexibility index (Phi) is 6.65. The predicted molar refractivity (Wildman–Crippen MR) is 75.3 cm³/mol. The molecule has 1 aliphatic heterocycles. The molecule has 1 unspecified atom stereocenters. The number of primary amides is 1. The first-order valence-electron chi connectivity index (χ1n) is 7.24. The maximum atomic E-state index is 10.8. The van der Waals surface area contributed by atoms with Crippen molar-refractivity contribution >= 4 is 5.91 Å². The van der Waals surface area contributed by atoms with Gasteiger partial charge in [-0.3, -0.25) is 9.69 Å². The average Bonchev–Trinajstić information content (AvgIpc) is 2.28. The van der Waals surface area contributed by atoms with Gasteiger partial charge in [0.25, 0.3) is 0 Å². The standard InChI is InChI=1S/C14H29N3O/c1-11(2)4-5-12(3)16-13-6-8-17(9-7-13)10-14(15)18/h11-13,16H,4-10H2,1-3H3,(H2,15,18). The van der Waals surface area contributed by atoms with Gasteiger partial charge in [-0.15, -0.1) is 0 Å². The number of hydrogen-bond donors (Lipinski definition) is 2. The van der Waals surface area contributed by atoms with Crippen LogP contribution in [0.3, 0.4) is 0 Å². The van der Waals surface area contributed by atoms with Crippen LogP contribution in [0.4, 0.5) is 0 Å². The van der Waals surface area contributed by atoms with E-state index in [1.54, 1.807) is 0 Å². The van der Waals surface area contributed by atoms with Gasteiger partial charge in [0.1, 0.15) is 0 Å². The van der Waals surface area contributed by atoms with Gasteiger partial charge < -0.3 is 11.1 Å². The highest BCUT2D eigenvalue weighted by atomic mass is 16.1. The highest BCUT2D eigenvalue weighted by molar-refractivity contribution is 5.75. The molecule has 1 fully saturated rings. The largest absolute Gasteiger partial charge is 0.369 e. The van der Waals surface area contributed by atoms with Crippen LogP contribution in [0.1, 0.15) is 46.5 Å². The third-order valence-corrected chi connectivity index (χ3v) is 3.66. The Morgan fingerprint density at radius 2 is 1.89 bits per heavy atom. The van der Waals surface area contributed by atoms with E-state index >= 15 is 0 Å². The molecule has 1 heterocycles. The minimum Gasteiger partial charge on any atom is -0.369 e. The van der Waals surface area contributed by atoms with Crippen LogP contribution in [-0.4, -0.2) is 42.5 Å². The Bertz CT molecular complexity index is 247. The third-order valence-electron chi connectivity index (χ3n) is 3.66. The van der Waals surface area contributed by atoms with E-state index in [0.717, 1.165) is 31.8 Å². The minimum absolute atomic E-state index is 0.216. The van der Waals surface area contributed by atoms with E-state index in [-0.39, 0.29) is 5.91 Å². The van der Waals surface area contributed by atoms with Crippen LogP contribution in [-0.2, 0) is 4.79 Å². The zero-order valence-electron chi connectivity index (χ0n) is 12.1. The van der Waals surface area contributed by atoms with E-state index < -0.39 is 0 Å². The second kappa shape index (κ2) is 7.74. The van der Waals surface area contributed by atoms with Crippen molar-refractivity contribution in [2.75, 3.05) is 19.6 Å². The molecule has 0 aromatic carbocycles. The molecule has 1 rings (SSSR count). The van der Waals surface area contributed by atoms with Gasteiger partial charge in [0.05, 0.1) is 6.54 Å². The van der Waals surface area contributed by atoms with Gasteiger partial charge in [-0.2, -0.15) is 0 Å². The van der Waals surface area contributed by atoms with Crippen molar-refractivity contribution in [3.05, 3.63) is 0 Å². The third kappa shape index (κ3) is 6.36. The fourth-order valence-corrected chi connectivity index (χ4v) is 2.55. The van der Waals surface area contributed by atoms with E-state index in [2.05, 4.69) is 31.0 Å². The van der Waals surface area contributed by atoms with E-state index in [0.29, 0.717) is 18.6 Å². The summed E-state index contributed by atoms with van der Waals surface area (Å²) in [7, 11) is 0. The average molecular weight is 255 g/mol. The molecule has 1 saturated heterocycles. The van der Waals surface area contributed by atoms with Crippen LogP contribution in [0.5, 0.6) is 0 Å². The minimum atomic E-state index is -0.216. The molecule has 0 aromatic rings. The van der Waals surface area contributed by atoms with Crippen LogP contribution in [0.15, 0.2) is 0 Å². The van der Waals surface area contributed by atoms with Crippen LogP contribution < -0.4 is 11.1 Å². The summed E-state index contributed by atoms with van der Waals surface area (Å²) in [5.41, 5.74) is 5.21. The number of nitrogens with one attached hydrogen (secondary N) is 1. The Morgan fingerprint density at radius 1 is 1.28 bits per heavy atom. The molecule has 0 saturated carbocycles. The summed E-state index contributed by atoms with van der Waals surface area (Å²) in [6, 6.07) is 1.20. The van der Waals surface area contributed by atoms with Gasteiger partial charge in [-0.25, -0.2) is 0 Å². The highest BCUT2D eigenvalue weighted by Gasteiger charge is 2.21. The Hall–Kier alpha value is -0.610. The number of amides is 1.